The van der Waals surface area contributed by atoms with Gasteiger partial charge in [0.05, 0.1) is 11.3 Å². The van der Waals surface area contributed by atoms with Crippen molar-refractivity contribution in [1.82, 2.24) is 19.8 Å². The Morgan fingerprint density at radius 1 is 1.08 bits per heavy atom. The van der Waals surface area contributed by atoms with Crippen LogP contribution in [-0.4, -0.2) is 57.8 Å². The van der Waals surface area contributed by atoms with E-state index >= 15 is 0 Å². The van der Waals surface area contributed by atoms with Crippen molar-refractivity contribution in [3.8, 4) is 11.8 Å². The molecular formula is C20H26N4O2. The number of carbonyl (C=O) groups excluding carboxylic acids is 2. The van der Waals surface area contributed by atoms with Gasteiger partial charge in [0.25, 0.3) is 11.8 Å². The second kappa shape index (κ2) is 8.31. The lowest BCUT2D eigenvalue weighted by molar-refractivity contribution is -0.126. The quantitative estimate of drug-likeness (QED) is 0.763. The molecule has 0 unspecified atom stereocenters. The summed E-state index contributed by atoms with van der Waals surface area (Å²) >= 11 is 0. The highest BCUT2D eigenvalue weighted by Crippen LogP contribution is 2.30. The zero-order valence-electron chi connectivity index (χ0n) is 15.6. The van der Waals surface area contributed by atoms with Gasteiger partial charge in [-0.05, 0) is 51.9 Å². The molecule has 0 radical (unpaired) electrons. The zero-order valence-corrected chi connectivity index (χ0v) is 15.6. The summed E-state index contributed by atoms with van der Waals surface area (Å²) in [6.45, 7) is 6.46. The van der Waals surface area contributed by atoms with Gasteiger partial charge in [-0.25, -0.2) is 9.97 Å². The number of piperidine rings is 2. The molecule has 6 heteroatoms. The summed E-state index contributed by atoms with van der Waals surface area (Å²) in [7, 11) is 0. The monoisotopic (exact) mass is 354 g/mol. The molecule has 138 valence electrons. The number of hydrogen-bond donors (Lipinski definition) is 0. The van der Waals surface area contributed by atoms with Gasteiger partial charge >= 0.3 is 0 Å². The standard InChI is InChI=1S/C20H26N4O2/c1-3-7-18(25)23-12-8-16(9-13-23)19-17(14-21-15(2)22-19)20(26)24-10-5-4-6-11-24/h14,16H,4-6,8-13H2,1-2H3. The maximum absolute atomic E-state index is 13.0. The van der Waals surface area contributed by atoms with E-state index in [9.17, 15) is 9.59 Å². The molecule has 1 aromatic rings. The van der Waals surface area contributed by atoms with E-state index in [2.05, 4.69) is 21.8 Å². The van der Waals surface area contributed by atoms with Crippen LogP contribution in [0.1, 0.15) is 66.8 Å². The molecule has 2 fully saturated rings. The third kappa shape index (κ3) is 4.04. The molecule has 0 atom stereocenters. The maximum Gasteiger partial charge on any atom is 0.298 e. The van der Waals surface area contributed by atoms with Crippen molar-refractivity contribution in [3.63, 3.8) is 0 Å². The minimum absolute atomic E-state index is 0.0510. The summed E-state index contributed by atoms with van der Waals surface area (Å²) in [4.78, 5) is 37.6. The molecule has 2 amide bonds. The normalized spacial score (nSPS) is 18.2. The predicted molar refractivity (Wildman–Crippen MR) is 98.5 cm³/mol. The largest absolute Gasteiger partial charge is 0.339 e. The topological polar surface area (TPSA) is 66.4 Å². The molecule has 0 aromatic carbocycles. The first kappa shape index (κ1) is 18.4. The third-order valence-corrected chi connectivity index (χ3v) is 5.21. The Labute approximate surface area is 155 Å². The first-order valence-corrected chi connectivity index (χ1v) is 9.44. The lowest BCUT2D eigenvalue weighted by Gasteiger charge is -2.32. The minimum atomic E-state index is -0.116. The molecule has 0 spiro atoms. The van der Waals surface area contributed by atoms with E-state index in [0.29, 0.717) is 24.5 Å². The Morgan fingerprint density at radius 2 is 1.77 bits per heavy atom. The lowest BCUT2D eigenvalue weighted by Crippen LogP contribution is -2.39. The van der Waals surface area contributed by atoms with E-state index in [1.54, 1.807) is 18.0 Å². The van der Waals surface area contributed by atoms with Crippen molar-refractivity contribution in [2.24, 2.45) is 0 Å². The third-order valence-electron chi connectivity index (χ3n) is 5.21. The van der Waals surface area contributed by atoms with Crippen LogP contribution in [0.4, 0.5) is 0 Å². The highest BCUT2D eigenvalue weighted by Gasteiger charge is 2.29. The van der Waals surface area contributed by atoms with Gasteiger partial charge in [0.15, 0.2) is 0 Å². The van der Waals surface area contributed by atoms with Crippen molar-refractivity contribution in [1.29, 1.82) is 0 Å². The molecule has 0 saturated carbocycles. The number of hydrogen-bond acceptors (Lipinski definition) is 4. The number of aryl methyl sites for hydroxylation is 1. The molecule has 3 rings (SSSR count). The Hall–Kier alpha value is -2.42. The molecule has 6 nitrogen and oxygen atoms in total. The van der Waals surface area contributed by atoms with Gasteiger partial charge in [-0.2, -0.15) is 0 Å². The summed E-state index contributed by atoms with van der Waals surface area (Å²) in [6, 6.07) is 0. The van der Waals surface area contributed by atoms with Crippen molar-refractivity contribution in [2.75, 3.05) is 26.2 Å². The van der Waals surface area contributed by atoms with Crippen LogP contribution in [0, 0.1) is 18.8 Å². The van der Waals surface area contributed by atoms with Gasteiger partial charge in [-0.3, -0.25) is 9.59 Å². The van der Waals surface area contributed by atoms with Crippen molar-refractivity contribution in [3.05, 3.63) is 23.3 Å². The number of aromatic nitrogens is 2. The summed E-state index contributed by atoms with van der Waals surface area (Å²) in [6.07, 6.45) is 6.60. The Balaban J connectivity index is 1.77. The fourth-order valence-corrected chi connectivity index (χ4v) is 3.77. The number of likely N-dealkylation sites (tertiary alicyclic amines) is 2. The van der Waals surface area contributed by atoms with E-state index in [4.69, 9.17) is 0 Å². The minimum Gasteiger partial charge on any atom is -0.339 e. The van der Waals surface area contributed by atoms with Gasteiger partial charge < -0.3 is 9.80 Å². The zero-order chi connectivity index (χ0) is 18.5. The van der Waals surface area contributed by atoms with E-state index in [1.807, 2.05) is 11.8 Å². The fourth-order valence-electron chi connectivity index (χ4n) is 3.77. The average Bonchev–Trinajstić information content (AvgIpc) is 2.68. The maximum atomic E-state index is 13.0. The smallest absolute Gasteiger partial charge is 0.298 e. The first-order valence-electron chi connectivity index (χ1n) is 9.44. The first-order chi connectivity index (χ1) is 12.6. The average molecular weight is 354 g/mol. The second-order valence-electron chi connectivity index (χ2n) is 7.01. The van der Waals surface area contributed by atoms with E-state index < -0.39 is 0 Å². The van der Waals surface area contributed by atoms with Crippen LogP contribution in [0.2, 0.25) is 0 Å². The number of amides is 2. The van der Waals surface area contributed by atoms with Gasteiger partial charge in [0, 0.05) is 38.3 Å². The van der Waals surface area contributed by atoms with Gasteiger partial charge in [-0.15, -0.1) is 0 Å². The number of nitrogens with zero attached hydrogens (tertiary/aromatic N) is 4. The Morgan fingerprint density at radius 3 is 2.42 bits per heavy atom. The van der Waals surface area contributed by atoms with Crippen molar-refractivity contribution < 1.29 is 9.59 Å². The highest BCUT2D eigenvalue weighted by atomic mass is 16.2. The molecule has 2 aliphatic heterocycles. The SMILES string of the molecule is CC#CC(=O)N1CCC(c2nc(C)ncc2C(=O)N2CCCCC2)CC1. The van der Waals surface area contributed by atoms with Crippen LogP contribution < -0.4 is 0 Å². The summed E-state index contributed by atoms with van der Waals surface area (Å²) in [5, 5.41) is 0. The van der Waals surface area contributed by atoms with Gasteiger partial charge in [0.2, 0.25) is 0 Å². The van der Waals surface area contributed by atoms with Gasteiger partial charge in [-0.1, -0.05) is 5.92 Å². The molecule has 2 saturated heterocycles. The van der Waals surface area contributed by atoms with Crippen molar-refractivity contribution >= 4 is 11.8 Å². The summed E-state index contributed by atoms with van der Waals surface area (Å²) in [5.41, 5.74) is 1.48. The molecule has 26 heavy (non-hydrogen) atoms. The molecule has 0 aliphatic carbocycles. The molecular weight excluding hydrogens is 328 g/mol. The molecule has 0 N–H and O–H groups in total. The Bertz CT molecular complexity index is 736. The van der Waals surface area contributed by atoms with Crippen LogP contribution in [0.3, 0.4) is 0 Å². The lowest BCUT2D eigenvalue weighted by atomic mass is 9.90. The molecule has 2 aliphatic rings. The van der Waals surface area contributed by atoms with Crippen LogP contribution in [0.15, 0.2) is 6.20 Å². The molecule has 0 bridgehead atoms. The predicted octanol–water partition coefficient (Wildman–Crippen LogP) is 2.14. The molecule has 3 heterocycles. The second-order valence-corrected chi connectivity index (χ2v) is 7.01. The van der Waals surface area contributed by atoms with Crippen LogP contribution in [0.5, 0.6) is 0 Å². The van der Waals surface area contributed by atoms with Crippen molar-refractivity contribution in [2.45, 2.75) is 51.9 Å². The summed E-state index contributed by atoms with van der Waals surface area (Å²) in [5.74, 6) is 6.07. The van der Waals surface area contributed by atoms with E-state index in [1.165, 1.54) is 6.42 Å². The number of rotatable bonds is 2. The highest BCUT2D eigenvalue weighted by molar-refractivity contribution is 5.95. The van der Waals surface area contributed by atoms with Gasteiger partial charge in [0.1, 0.15) is 5.82 Å². The van der Waals surface area contributed by atoms with E-state index in [0.717, 1.165) is 44.5 Å². The summed E-state index contributed by atoms with van der Waals surface area (Å²) < 4.78 is 0. The molecule has 1 aromatic heterocycles. The number of carbonyl (C=O) groups is 2. The van der Waals surface area contributed by atoms with E-state index in [-0.39, 0.29) is 17.7 Å². The van der Waals surface area contributed by atoms with Crippen LogP contribution in [-0.2, 0) is 4.79 Å². The Kier molecular flexibility index (Phi) is 5.87. The van der Waals surface area contributed by atoms with Crippen LogP contribution in [0.25, 0.3) is 0 Å². The fraction of sp³-hybridized carbons (Fsp3) is 0.600. The van der Waals surface area contributed by atoms with Crippen LogP contribution >= 0.6 is 0 Å².